The Morgan fingerprint density at radius 3 is 2.50 bits per heavy atom. The number of amides is 1. The summed E-state index contributed by atoms with van der Waals surface area (Å²) in [6.45, 7) is 4.61. The van der Waals surface area contributed by atoms with Gasteiger partial charge in [0.1, 0.15) is 16.7 Å². The van der Waals surface area contributed by atoms with Crippen LogP contribution in [0.5, 0.6) is 5.75 Å². The third-order valence-corrected chi connectivity index (χ3v) is 5.61. The molecule has 1 aliphatic heterocycles. The van der Waals surface area contributed by atoms with E-state index in [0.29, 0.717) is 15.8 Å². The Balaban J connectivity index is 1.66. The van der Waals surface area contributed by atoms with Crippen LogP contribution in [0.2, 0.25) is 0 Å². The Labute approximate surface area is 164 Å². The lowest BCUT2D eigenvalue weighted by Crippen LogP contribution is -2.36. The highest BCUT2D eigenvalue weighted by Gasteiger charge is 2.34. The van der Waals surface area contributed by atoms with Crippen molar-refractivity contribution in [2.24, 2.45) is 0 Å². The first kappa shape index (κ1) is 18.7. The van der Waals surface area contributed by atoms with Gasteiger partial charge in [-0.15, -0.1) is 0 Å². The summed E-state index contributed by atoms with van der Waals surface area (Å²) in [5.41, 5.74) is 2.09. The summed E-state index contributed by atoms with van der Waals surface area (Å²) in [5.74, 6) is 0.803. The lowest BCUT2D eigenvalue weighted by molar-refractivity contribution is -0.123. The molecule has 0 aromatic heterocycles. The van der Waals surface area contributed by atoms with Gasteiger partial charge in [-0.1, -0.05) is 73.4 Å². The van der Waals surface area contributed by atoms with Gasteiger partial charge in [-0.05, 0) is 42.7 Å². The summed E-state index contributed by atoms with van der Waals surface area (Å²) in [7, 11) is 0. The Morgan fingerprint density at radius 1 is 1.15 bits per heavy atom. The van der Waals surface area contributed by atoms with Crippen molar-refractivity contribution in [2.75, 3.05) is 0 Å². The average Bonchev–Trinajstić information content (AvgIpc) is 2.94. The quantitative estimate of drug-likeness (QED) is 0.502. The molecule has 0 radical (unpaired) electrons. The summed E-state index contributed by atoms with van der Waals surface area (Å²) in [6, 6.07) is 17.9. The van der Waals surface area contributed by atoms with Crippen LogP contribution >= 0.6 is 24.0 Å². The minimum atomic E-state index is -0.00115. The van der Waals surface area contributed by atoms with Gasteiger partial charge in [-0.3, -0.25) is 9.69 Å². The number of ether oxygens (including phenoxy) is 1. The Morgan fingerprint density at radius 2 is 1.85 bits per heavy atom. The van der Waals surface area contributed by atoms with E-state index >= 15 is 0 Å². The lowest BCUT2D eigenvalue weighted by Gasteiger charge is -2.21. The van der Waals surface area contributed by atoms with E-state index in [0.717, 1.165) is 23.3 Å². The van der Waals surface area contributed by atoms with Crippen LogP contribution in [0.4, 0.5) is 0 Å². The summed E-state index contributed by atoms with van der Waals surface area (Å²) in [5, 5.41) is 0. The molecule has 1 aliphatic rings. The molecule has 5 heteroatoms. The first-order chi connectivity index (χ1) is 12.6. The maximum absolute atomic E-state index is 12.6. The fourth-order valence-electron chi connectivity index (χ4n) is 2.59. The first-order valence-corrected chi connectivity index (χ1v) is 9.85. The van der Waals surface area contributed by atoms with E-state index in [1.807, 2.05) is 67.6 Å². The molecule has 1 saturated heterocycles. The monoisotopic (exact) mass is 383 g/mol. The molecule has 1 atom stereocenters. The minimum Gasteiger partial charge on any atom is -0.489 e. The number of carbonyl (C=O) groups excluding carboxylic acids is 1. The summed E-state index contributed by atoms with van der Waals surface area (Å²) < 4.78 is 6.43. The molecular weight excluding hydrogens is 362 g/mol. The zero-order valence-electron chi connectivity index (χ0n) is 14.8. The third kappa shape index (κ3) is 4.34. The van der Waals surface area contributed by atoms with Crippen molar-refractivity contribution >= 4 is 40.3 Å². The van der Waals surface area contributed by atoms with E-state index in [1.165, 1.54) is 11.8 Å². The van der Waals surface area contributed by atoms with Crippen molar-refractivity contribution in [3.63, 3.8) is 0 Å². The van der Waals surface area contributed by atoms with Crippen LogP contribution in [-0.2, 0) is 11.4 Å². The van der Waals surface area contributed by atoms with Gasteiger partial charge in [-0.25, -0.2) is 0 Å². The van der Waals surface area contributed by atoms with Gasteiger partial charge in [0.25, 0.3) is 5.91 Å². The second-order valence-corrected chi connectivity index (χ2v) is 7.83. The molecule has 26 heavy (non-hydrogen) atoms. The lowest BCUT2D eigenvalue weighted by atomic mass is 10.2. The van der Waals surface area contributed by atoms with E-state index < -0.39 is 0 Å². The van der Waals surface area contributed by atoms with Crippen molar-refractivity contribution in [1.82, 2.24) is 4.90 Å². The van der Waals surface area contributed by atoms with Crippen molar-refractivity contribution in [1.29, 1.82) is 0 Å². The number of thioether (sulfide) groups is 1. The van der Waals surface area contributed by atoms with E-state index in [4.69, 9.17) is 17.0 Å². The van der Waals surface area contributed by atoms with Crippen LogP contribution in [0.1, 0.15) is 31.4 Å². The number of nitrogens with zero attached hydrogens (tertiary/aromatic N) is 1. The molecule has 1 fully saturated rings. The summed E-state index contributed by atoms with van der Waals surface area (Å²) in [6.07, 6.45) is 2.77. The molecule has 0 unspecified atom stereocenters. The van der Waals surface area contributed by atoms with Crippen LogP contribution in [-0.4, -0.2) is 21.2 Å². The molecule has 1 heterocycles. The topological polar surface area (TPSA) is 29.5 Å². The Kier molecular flexibility index (Phi) is 6.12. The predicted molar refractivity (Wildman–Crippen MR) is 112 cm³/mol. The maximum Gasteiger partial charge on any atom is 0.266 e. The summed E-state index contributed by atoms with van der Waals surface area (Å²) >= 11 is 6.73. The first-order valence-electron chi connectivity index (χ1n) is 8.62. The number of hydrogen-bond donors (Lipinski definition) is 0. The molecule has 0 aliphatic carbocycles. The second kappa shape index (κ2) is 8.52. The molecule has 3 nitrogen and oxygen atoms in total. The van der Waals surface area contributed by atoms with Gasteiger partial charge in [0.2, 0.25) is 0 Å². The molecule has 1 amide bonds. The standard InChI is InChI=1S/C21H21NO2S2/c1-3-15(2)22-20(23)19(26-21(22)25)13-16-9-11-18(12-10-16)24-14-17-7-5-4-6-8-17/h4-13,15H,3,14H2,1-2H3/b19-13-/t15-/m1/s1. The maximum atomic E-state index is 12.6. The zero-order chi connectivity index (χ0) is 18.5. The molecule has 3 rings (SSSR count). The molecule has 0 N–H and O–H groups in total. The van der Waals surface area contributed by atoms with Crippen LogP contribution in [0, 0.1) is 0 Å². The highest BCUT2D eigenvalue weighted by Crippen LogP contribution is 2.34. The molecule has 134 valence electrons. The smallest absolute Gasteiger partial charge is 0.266 e. The molecule has 0 saturated carbocycles. The normalized spacial score (nSPS) is 17.0. The Hall–Kier alpha value is -2.11. The Bertz CT molecular complexity index is 816. The highest BCUT2D eigenvalue weighted by molar-refractivity contribution is 8.26. The molecular formula is C21H21NO2S2. The summed E-state index contributed by atoms with van der Waals surface area (Å²) in [4.78, 5) is 15.0. The second-order valence-electron chi connectivity index (χ2n) is 6.15. The fraction of sp³-hybridized carbons (Fsp3) is 0.238. The number of hydrogen-bond acceptors (Lipinski definition) is 4. The van der Waals surface area contributed by atoms with E-state index in [9.17, 15) is 4.79 Å². The van der Waals surface area contributed by atoms with Gasteiger partial charge in [0.15, 0.2) is 0 Å². The van der Waals surface area contributed by atoms with Crippen LogP contribution < -0.4 is 4.74 Å². The number of carbonyl (C=O) groups is 1. The SMILES string of the molecule is CC[C@@H](C)N1C(=O)/C(=C/c2ccc(OCc3ccccc3)cc2)SC1=S. The number of benzene rings is 2. The van der Waals surface area contributed by atoms with Crippen LogP contribution in [0.25, 0.3) is 6.08 Å². The van der Waals surface area contributed by atoms with Gasteiger partial charge in [-0.2, -0.15) is 0 Å². The van der Waals surface area contributed by atoms with E-state index in [-0.39, 0.29) is 11.9 Å². The van der Waals surface area contributed by atoms with Crippen LogP contribution in [0.15, 0.2) is 59.5 Å². The average molecular weight is 384 g/mol. The highest BCUT2D eigenvalue weighted by atomic mass is 32.2. The zero-order valence-corrected chi connectivity index (χ0v) is 16.5. The van der Waals surface area contributed by atoms with Crippen molar-refractivity contribution in [2.45, 2.75) is 32.9 Å². The fourth-order valence-corrected chi connectivity index (χ4v) is 4.06. The number of rotatable bonds is 6. The van der Waals surface area contributed by atoms with Crippen molar-refractivity contribution in [3.05, 3.63) is 70.6 Å². The largest absolute Gasteiger partial charge is 0.489 e. The van der Waals surface area contributed by atoms with Gasteiger partial charge in [0, 0.05) is 6.04 Å². The van der Waals surface area contributed by atoms with Crippen molar-refractivity contribution < 1.29 is 9.53 Å². The van der Waals surface area contributed by atoms with Gasteiger partial charge in [0.05, 0.1) is 4.91 Å². The molecule has 2 aromatic carbocycles. The number of thiocarbonyl (C=S) groups is 1. The molecule has 0 bridgehead atoms. The van der Waals surface area contributed by atoms with Crippen LogP contribution in [0.3, 0.4) is 0 Å². The molecule has 2 aromatic rings. The van der Waals surface area contributed by atoms with Gasteiger partial charge >= 0.3 is 0 Å². The molecule has 0 spiro atoms. The predicted octanol–water partition coefficient (Wildman–Crippen LogP) is 5.27. The minimum absolute atomic E-state index is 0.00115. The van der Waals surface area contributed by atoms with Crippen molar-refractivity contribution in [3.8, 4) is 5.75 Å². The van der Waals surface area contributed by atoms with E-state index in [1.54, 1.807) is 4.90 Å². The third-order valence-electron chi connectivity index (χ3n) is 4.28. The van der Waals surface area contributed by atoms with Gasteiger partial charge < -0.3 is 4.74 Å². The van der Waals surface area contributed by atoms with E-state index in [2.05, 4.69) is 6.92 Å².